The average Bonchev–Trinajstić information content (AvgIpc) is 2.93. The predicted molar refractivity (Wildman–Crippen MR) is 94.0 cm³/mol. The Balaban J connectivity index is 1.38. The molecule has 1 saturated heterocycles. The Kier molecular flexibility index (Phi) is 5.65. The SMILES string of the molecule is O=C(Cc1ccc2c(c1)OCCO2)NCCC(=O)N[C@H]1CCS(=O)(=O)C1. The van der Waals surface area contributed by atoms with Gasteiger partial charge in [-0.3, -0.25) is 9.59 Å². The van der Waals surface area contributed by atoms with Crippen molar-refractivity contribution in [3.8, 4) is 11.5 Å². The third-order valence-electron chi connectivity index (χ3n) is 4.24. The molecule has 0 saturated carbocycles. The highest BCUT2D eigenvalue weighted by molar-refractivity contribution is 7.91. The van der Waals surface area contributed by atoms with Gasteiger partial charge in [-0.15, -0.1) is 0 Å². The van der Waals surface area contributed by atoms with E-state index < -0.39 is 9.84 Å². The number of nitrogens with one attached hydrogen (secondary N) is 2. The molecule has 1 aromatic carbocycles. The molecule has 0 bridgehead atoms. The normalized spacial score (nSPS) is 20.4. The van der Waals surface area contributed by atoms with Crippen molar-refractivity contribution in [1.29, 1.82) is 0 Å². The lowest BCUT2D eigenvalue weighted by atomic mass is 10.1. The first-order valence-electron chi connectivity index (χ1n) is 8.56. The summed E-state index contributed by atoms with van der Waals surface area (Å²) in [6.07, 6.45) is 0.743. The summed E-state index contributed by atoms with van der Waals surface area (Å²) in [4.78, 5) is 23.8. The third-order valence-corrected chi connectivity index (χ3v) is 6.01. The largest absolute Gasteiger partial charge is 0.486 e. The number of hydrogen-bond donors (Lipinski definition) is 2. The second-order valence-electron chi connectivity index (χ2n) is 6.42. The monoisotopic (exact) mass is 382 g/mol. The van der Waals surface area contributed by atoms with E-state index in [-0.39, 0.29) is 48.7 Å². The van der Waals surface area contributed by atoms with E-state index >= 15 is 0 Å². The number of ether oxygens (including phenoxy) is 2. The molecular formula is C17H22N2O6S. The Morgan fingerprint density at radius 2 is 1.88 bits per heavy atom. The van der Waals surface area contributed by atoms with Gasteiger partial charge in [0.2, 0.25) is 11.8 Å². The van der Waals surface area contributed by atoms with E-state index in [0.717, 1.165) is 5.56 Å². The Morgan fingerprint density at radius 3 is 2.62 bits per heavy atom. The van der Waals surface area contributed by atoms with Crippen molar-refractivity contribution in [2.45, 2.75) is 25.3 Å². The van der Waals surface area contributed by atoms with Gasteiger partial charge in [-0.2, -0.15) is 0 Å². The van der Waals surface area contributed by atoms with Gasteiger partial charge in [-0.05, 0) is 24.1 Å². The van der Waals surface area contributed by atoms with Crippen LogP contribution in [-0.2, 0) is 25.8 Å². The fourth-order valence-corrected chi connectivity index (χ4v) is 4.64. The average molecular weight is 382 g/mol. The molecule has 2 N–H and O–H groups in total. The molecule has 2 amide bonds. The summed E-state index contributed by atoms with van der Waals surface area (Å²) in [6.45, 7) is 1.20. The van der Waals surface area contributed by atoms with Gasteiger partial charge in [0, 0.05) is 19.0 Å². The van der Waals surface area contributed by atoms with Crippen LogP contribution >= 0.6 is 0 Å². The zero-order chi connectivity index (χ0) is 18.6. The minimum Gasteiger partial charge on any atom is -0.486 e. The maximum absolute atomic E-state index is 12.0. The highest BCUT2D eigenvalue weighted by Crippen LogP contribution is 2.30. The number of carbonyl (C=O) groups excluding carboxylic acids is 2. The second-order valence-corrected chi connectivity index (χ2v) is 8.65. The van der Waals surface area contributed by atoms with E-state index in [0.29, 0.717) is 31.1 Å². The molecule has 2 heterocycles. The second kappa shape index (κ2) is 7.94. The summed E-state index contributed by atoms with van der Waals surface area (Å²) in [5.74, 6) is 0.961. The molecule has 9 heteroatoms. The van der Waals surface area contributed by atoms with E-state index in [1.165, 1.54) is 0 Å². The number of fused-ring (bicyclic) bond motifs is 1. The molecule has 2 aliphatic rings. The molecule has 1 atom stereocenters. The molecule has 1 aromatic rings. The summed E-state index contributed by atoms with van der Waals surface area (Å²) >= 11 is 0. The first-order chi connectivity index (χ1) is 12.4. The van der Waals surface area contributed by atoms with E-state index in [2.05, 4.69) is 10.6 Å². The quantitative estimate of drug-likeness (QED) is 0.706. The van der Waals surface area contributed by atoms with Gasteiger partial charge in [0.25, 0.3) is 0 Å². The van der Waals surface area contributed by atoms with E-state index in [4.69, 9.17) is 9.47 Å². The summed E-state index contributed by atoms with van der Waals surface area (Å²) in [5.41, 5.74) is 0.798. The highest BCUT2D eigenvalue weighted by Gasteiger charge is 2.28. The fourth-order valence-electron chi connectivity index (χ4n) is 2.97. The molecule has 3 rings (SSSR count). The maximum Gasteiger partial charge on any atom is 0.224 e. The summed E-state index contributed by atoms with van der Waals surface area (Å²) < 4.78 is 33.6. The summed E-state index contributed by atoms with van der Waals surface area (Å²) in [7, 11) is -3.02. The third kappa shape index (κ3) is 5.10. The van der Waals surface area contributed by atoms with Crippen molar-refractivity contribution >= 4 is 21.7 Å². The lowest BCUT2D eigenvalue weighted by molar-refractivity contribution is -0.122. The number of amides is 2. The van der Waals surface area contributed by atoms with Crippen LogP contribution in [0.1, 0.15) is 18.4 Å². The predicted octanol–water partition coefficient (Wildman–Crippen LogP) is -0.190. The smallest absolute Gasteiger partial charge is 0.224 e. The van der Waals surface area contributed by atoms with Crippen LogP contribution in [0.15, 0.2) is 18.2 Å². The molecule has 8 nitrogen and oxygen atoms in total. The van der Waals surface area contributed by atoms with Crippen molar-refractivity contribution in [3.63, 3.8) is 0 Å². The lowest BCUT2D eigenvalue weighted by Crippen LogP contribution is -2.38. The topological polar surface area (TPSA) is 111 Å². The van der Waals surface area contributed by atoms with Crippen LogP contribution in [0.3, 0.4) is 0 Å². The van der Waals surface area contributed by atoms with Crippen LogP contribution in [0.5, 0.6) is 11.5 Å². The highest BCUT2D eigenvalue weighted by atomic mass is 32.2. The summed E-state index contributed by atoms with van der Waals surface area (Å²) in [5, 5.41) is 5.39. The van der Waals surface area contributed by atoms with Crippen LogP contribution in [0.4, 0.5) is 0 Å². The lowest BCUT2D eigenvalue weighted by Gasteiger charge is -2.18. The Labute approximate surface area is 152 Å². The molecular weight excluding hydrogens is 360 g/mol. The Bertz CT molecular complexity index is 792. The summed E-state index contributed by atoms with van der Waals surface area (Å²) in [6, 6.07) is 5.04. The number of hydrogen-bond acceptors (Lipinski definition) is 6. The first-order valence-corrected chi connectivity index (χ1v) is 10.4. The molecule has 0 unspecified atom stereocenters. The number of carbonyl (C=O) groups is 2. The van der Waals surface area contributed by atoms with Gasteiger partial charge in [0.05, 0.1) is 17.9 Å². The molecule has 0 aromatic heterocycles. The molecule has 26 heavy (non-hydrogen) atoms. The standard InChI is InChI=1S/C17H22N2O6S/c20-16(19-13-4-8-26(22,23)11-13)3-5-18-17(21)10-12-1-2-14-15(9-12)25-7-6-24-14/h1-2,9,13H,3-8,10-11H2,(H,18,21)(H,19,20)/t13-/m0/s1. The first kappa shape index (κ1) is 18.5. The van der Waals surface area contributed by atoms with Crippen molar-refractivity contribution in [2.24, 2.45) is 0 Å². The van der Waals surface area contributed by atoms with Crippen LogP contribution in [0.25, 0.3) is 0 Å². The zero-order valence-corrected chi connectivity index (χ0v) is 15.1. The van der Waals surface area contributed by atoms with E-state index in [1.807, 2.05) is 0 Å². The molecule has 2 aliphatic heterocycles. The van der Waals surface area contributed by atoms with Crippen molar-refractivity contribution in [2.75, 3.05) is 31.3 Å². The van der Waals surface area contributed by atoms with Crippen LogP contribution in [0.2, 0.25) is 0 Å². The van der Waals surface area contributed by atoms with Gasteiger partial charge >= 0.3 is 0 Å². The Morgan fingerprint density at radius 1 is 1.12 bits per heavy atom. The van der Waals surface area contributed by atoms with Crippen molar-refractivity contribution < 1.29 is 27.5 Å². The number of rotatable bonds is 6. The molecule has 1 fully saturated rings. The van der Waals surface area contributed by atoms with Crippen LogP contribution in [0, 0.1) is 0 Å². The maximum atomic E-state index is 12.0. The van der Waals surface area contributed by atoms with E-state index in [9.17, 15) is 18.0 Å². The van der Waals surface area contributed by atoms with Gasteiger partial charge in [0.1, 0.15) is 13.2 Å². The van der Waals surface area contributed by atoms with Gasteiger partial charge in [-0.1, -0.05) is 6.07 Å². The van der Waals surface area contributed by atoms with Crippen molar-refractivity contribution in [1.82, 2.24) is 10.6 Å². The van der Waals surface area contributed by atoms with Gasteiger partial charge in [0.15, 0.2) is 21.3 Å². The molecule has 0 spiro atoms. The number of benzene rings is 1. The van der Waals surface area contributed by atoms with Gasteiger partial charge in [-0.25, -0.2) is 8.42 Å². The van der Waals surface area contributed by atoms with Gasteiger partial charge < -0.3 is 20.1 Å². The van der Waals surface area contributed by atoms with Crippen LogP contribution in [-0.4, -0.2) is 57.5 Å². The molecule has 142 valence electrons. The van der Waals surface area contributed by atoms with E-state index in [1.54, 1.807) is 18.2 Å². The minimum atomic E-state index is -3.02. The van der Waals surface area contributed by atoms with Crippen LogP contribution < -0.4 is 20.1 Å². The molecule has 0 radical (unpaired) electrons. The number of sulfone groups is 1. The van der Waals surface area contributed by atoms with Crippen molar-refractivity contribution in [3.05, 3.63) is 23.8 Å². The minimum absolute atomic E-state index is 0.00475. The Hall–Kier alpha value is -2.29. The zero-order valence-electron chi connectivity index (χ0n) is 14.3. The molecule has 0 aliphatic carbocycles. The fraction of sp³-hybridized carbons (Fsp3) is 0.529.